The summed E-state index contributed by atoms with van der Waals surface area (Å²) < 4.78 is 0. The van der Waals surface area contributed by atoms with Crippen molar-refractivity contribution in [2.75, 3.05) is 13.2 Å². The van der Waals surface area contributed by atoms with Gasteiger partial charge in [0.05, 0.1) is 12.6 Å². The van der Waals surface area contributed by atoms with Crippen LogP contribution in [0, 0.1) is 13.8 Å². The van der Waals surface area contributed by atoms with E-state index in [9.17, 15) is 5.11 Å². The van der Waals surface area contributed by atoms with Crippen molar-refractivity contribution in [3.05, 3.63) is 21.4 Å². The molecule has 0 aliphatic heterocycles. The third kappa shape index (κ3) is 2.53. The molecule has 1 aromatic rings. The second-order valence-electron chi connectivity index (χ2n) is 3.16. The lowest BCUT2D eigenvalue weighted by atomic mass is 10.1. The number of thiophene rings is 1. The molecule has 2 N–H and O–H groups in total. The second kappa shape index (κ2) is 4.74. The minimum Gasteiger partial charge on any atom is -0.394 e. The van der Waals surface area contributed by atoms with Crippen LogP contribution in [0.25, 0.3) is 0 Å². The molecule has 74 valence electrons. The van der Waals surface area contributed by atoms with E-state index < -0.39 is 0 Å². The highest BCUT2D eigenvalue weighted by molar-refractivity contribution is 7.12. The summed E-state index contributed by atoms with van der Waals surface area (Å²) in [4.78, 5) is 2.61. The Morgan fingerprint density at radius 3 is 2.62 bits per heavy atom. The third-order valence-corrected chi connectivity index (χ3v) is 3.07. The number of nitrogens with one attached hydrogen (secondary N) is 1. The van der Waals surface area contributed by atoms with E-state index in [-0.39, 0.29) is 12.6 Å². The molecule has 0 saturated carbocycles. The monoisotopic (exact) mass is 199 g/mol. The predicted octanol–water partition coefficient (Wildman–Crippen LogP) is 2.01. The van der Waals surface area contributed by atoms with E-state index in [1.165, 1.54) is 15.3 Å². The number of aliphatic hydroxyl groups is 1. The van der Waals surface area contributed by atoms with Gasteiger partial charge in [0, 0.05) is 9.75 Å². The van der Waals surface area contributed by atoms with Crippen molar-refractivity contribution in [3.63, 3.8) is 0 Å². The van der Waals surface area contributed by atoms with Gasteiger partial charge in [-0.15, -0.1) is 11.3 Å². The van der Waals surface area contributed by atoms with Crippen LogP contribution in [0.4, 0.5) is 0 Å². The van der Waals surface area contributed by atoms with Crippen molar-refractivity contribution in [1.82, 2.24) is 5.32 Å². The van der Waals surface area contributed by atoms with Crippen molar-refractivity contribution < 1.29 is 5.11 Å². The average Bonchev–Trinajstić information content (AvgIpc) is 2.41. The summed E-state index contributed by atoms with van der Waals surface area (Å²) in [5.74, 6) is 0. The number of rotatable bonds is 4. The third-order valence-electron chi connectivity index (χ3n) is 2.09. The molecule has 0 amide bonds. The van der Waals surface area contributed by atoms with Crippen LogP contribution in [0.5, 0.6) is 0 Å². The van der Waals surface area contributed by atoms with E-state index in [0.29, 0.717) is 0 Å². The van der Waals surface area contributed by atoms with E-state index in [2.05, 4.69) is 32.2 Å². The lowest BCUT2D eigenvalue weighted by molar-refractivity contribution is 0.246. The van der Waals surface area contributed by atoms with Crippen LogP contribution in [0.1, 0.15) is 28.3 Å². The minimum absolute atomic E-state index is 0.106. The van der Waals surface area contributed by atoms with E-state index >= 15 is 0 Å². The number of aryl methyl sites for hydroxylation is 2. The highest BCUT2D eigenvalue weighted by Gasteiger charge is 2.13. The molecule has 0 bridgehead atoms. The van der Waals surface area contributed by atoms with Gasteiger partial charge in [-0.25, -0.2) is 0 Å². The molecule has 1 atom stereocenters. The first kappa shape index (κ1) is 10.7. The van der Waals surface area contributed by atoms with Gasteiger partial charge in [0.1, 0.15) is 0 Å². The van der Waals surface area contributed by atoms with Crippen LogP contribution in [0.3, 0.4) is 0 Å². The van der Waals surface area contributed by atoms with Gasteiger partial charge in [0.25, 0.3) is 0 Å². The Kier molecular flexibility index (Phi) is 3.90. The molecular formula is C10H17NOS. The largest absolute Gasteiger partial charge is 0.394 e. The molecule has 0 radical (unpaired) electrons. The van der Waals surface area contributed by atoms with Gasteiger partial charge in [-0.2, -0.15) is 0 Å². The van der Waals surface area contributed by atoms with Gasteiger partial charge in [0.2, 0.25) is 0 Å². The first-order valence-electron chi connectivity index (χ1n) is 4.60. The Morgan fingerprint density at radius 2 is 2.23 bits per heavy atom. The molecule has 1 unspecified atom stereocenters. The van der Waals surface area contributed by atoms with E-state index in [1.807, 2.05) is 0 Å². The SMILES string of the molecule is CCNC(CO)c1cc(C)sc1C. The Morgan fingerprint density at radius 1 is 1.54 bits per heavy atom. The van der Waals surface area contributed by atoms with Crippen LogP contribution in [0.2, 0.25) is 0 Å². The number of likely N-dealkylation sites (N-methyl/N-ethyl adjacent to an activating group) is 1. The lowest BCUT2D eigenvalue weighted by Gasteiger charge is -2.14. The van der Waals surface area contributed by atoms with Crippen LogP contribution in [-0.2, 0) is 0 Å². The zero-order valence-corrected chi connectivity index (χ0v) is 9.24. The molecule has 0 aliphatic carbocycles. The molecule has 0 spiro atoms. The van der Waals surface area contributed by atoms with Crippen molar-refractivity contribution in [2.45, 2.75) is 26.8 Å². The molecule has 0 fully saturated rings. The van der Waals surface area contributed by atoms with Gasteiger partial charge in [-0.3, -0.25) is 0 Å². The molecule has 13 heavy (non-hydrogen) atoms. The Hall–Kier alpha value is -0.380. The van der Waals surface area contributed by atoms with E-state index in [4.69, 9.17) is 0 Å². The van der Waals surface area contributed by atoms with Crippen molar-refractivity contribution in [3.8, 4) is 0 Å². The summed E-state index contributed by atoms with van der Waals surface area (Å²) in [5.41, 5.74) is 1.24. The minimum atomic E-state index is 0.106. The Bertz CT molecular complexity index is 270. The standard InChI is InChI=1S/C10H17NOS/c1-4-11-10(6-12)9-5-7(2)13-8(9)3/h5,10-12H,4,6H2,1-3H3. The Labute approximate surface area is 83.6 Å². The van der Waals surface area contributed by atoms with Crippen molar-refractivity contribution in [2.24, 2.45) is 0 Å². The molecule has 0 saturated heterocycles. The van der Waals surface area contributed by atoms with Crippen LogP contribution < -0.4 is 5.32 Å². The lowest BCUT2D eigenvalue weighted by Crippen LogP contribution is -2.24. The topological polar surface area (TPSA) is 32.3 Å². The van der Waals surface area contributed by atoms with E-state index in [1.54, 1.807) is 11.3 Å². The first-order chi connectivity index (χ1) is 6.19. The number of hydrogen-bond donors (Lipinski definition) is 2. The summed E-state index contributed by atoms with van der Waals surface area (Å²) in [6.45, 7) is 7.32. The summed E-state index contributed by atoms with van der Waals surface area (Å²) in [6.07, 6.45) is 0. The van der Waals surface area contributed by atoms with Gasteiger partial charge in [0.15, 0.2) is 0 Å². The predicted molar refractivity (Wildman–Crippen MR) is 57.3 cm³/mol. The fourth-order valence-corrected chi connectivity index (χ4v) is 2.50. The maximum Gasteiger partial charge on any atom is 0.0626 e. The molecule has 3 heteroatoms. The second-order valence-corrected chi connectivity index (χ2v) is 4.62. The normalized spacial score (nSPS) is 13.2. The van der Waals surface area contributed by atoms with Gasteiger partial charge in [-0.1, -0.05) is 6.92 Å². The van der Waals surface area contributed by atoms with Gasteiger partial charge in [-0.05, 0) is 32.0 Å². The van der Waals surface area contributed by atoms with Crippen molar-refractivity contribution in [1.29, 1.82) is 0 Å². The maximum absolute atomic E-state index is 9.19. The average molecular weight is 199 g/mol. The Balaban J connectivity index is 2.83. The molecule has 0 aromatic carbocycles. The smallest absolute Gasteiger partial charge is 0.0626 e. The molecule has 1 rings (SSSR count). The van der Waals surface area contributed by atoms with Crippen LogP contribution in [-0.4, -0.2) is 18.3 Å². The van der Waals surface area contributed by atoms with Crippen LogP contribution in [0.15, 0.2) is 6.07 Å². The van der Waals surface area contributed by atoms with Crippen molar-refractivity contribution >= 4 is 11.3 Å². The number of aliphatic hydroxyl groups excluding tert-OH is 1. The van der Waals surface area contributed by atoms with Gasteiger partial charge < -0.3 is 10.4 Å². The zero-order chi connectivity index (χ0) is 9.84. The molecular weight excluding hydrogens is 182 g/mol. The van der Waals surface area contributed by atoms with Crippen LogP contribution >= 0.6 is 11.3 Å². The highest BCUT2D eigenvalue weighted by atomic mass is 32.1. The van der Waals surface area contributed by atoms with E-state index in [0.717, 1.165) is 6.54 Å². The molecule has 1 heterocycles. The first-order valence-corrected chi connectivity index (χ1v) is 5.41. The fourth-order valence-electron chi connectivity index (χ4n) is 1.52. The summed E-state index contributed by atoms with van der Waals surface area (Å²) >= 11 is 1.79. The number of hydrogen-bond acceptors (Lipinski definition) is 3. The zero-order valence-electron chi connectivity index (χ0n) is 8.42. The molecule has 2 nitrogen and oxygen atoms in total. The molecule has 1 aromatic heterocycles. The van der Waals surface area contributed by atoms with Gasteiger partial charge >= 0.3 is 0 Å². The molecule has 0 aliphatic rings. The summed E-state index contributed by atoms with van der Waals surface area (Å²) in [5, 5.41) is 12.4. The summed E-state index contributed by atoms with van der Waals surface area (Å²) in [7, 11) is 0. The maximum atomic E-state index is 9.19. The fraction of sp³-hybridized carbons (Fsp3) is 0.600. The summed E-state index contributed by atoms with van der Waals surface area (Å²) in [6, 6.07) is 2.26. The quantitative estimate of drug-likeness (QED) is 0.777. The highest BCUT2D eigenvalue weighted by Crippen LogP contribution is 2.25.